The highest BCUT2D eigenvalue weighted by Gasteiger charge is 2.08. The Hall–Kier alpha value is -2.36. The highest BCUT2D eigenvalue weighted by atomic mass is 15.0. The largest absolute Gasteiger partial charge is 0.399 e. The monoisotopic (exact) mass is 270 g/mol. The van der Waals surface area contributed by atoms with Gasteiger partial charge in [-0.2, -0.15) is 0 Å². The number of anilines is 1. The SMILES string of the molecule is C=C(C)/C=N\C=C(/C)Nc1nc(C)c(C)cc1C(=C)N. The molecule has 0 unspecified atom stereocenters. The second-order valence-corrected chi connectivity index (χ2v) is 4.87. The Labute approximate surface area is 120 Å². The van der Waals surface area contributed by atoms with Crippen molar-refractivity contribution in [2.45, 2.75) is 27.7 Å². The Balaban J connectivity index is 3.05. The Kier molecular flexibility index (Phi) is 5.26. The van der Waals surface area contributed by atoms with E-state index in [1.54, 1.807) is 12.4 Å². The van der Waals surface area contributed by atoms with Crippen LogP contribution in [0.2, 0.25) is 0 Å². The summed E-state index contributed by atoms with van der Waals surface area (Å²) in [7, 11) is 0. The molecule has 0 aliphatic heterocycles. The number of nitrogens with two attached hydrogens (primary N) is 1. The molecule has 0 aliphatic carbocycles. The standard InChI is InChI=1S/C16H22N4/c1-10(2)8-18-9-12(4)19-16-15(13(5)17)7-11(3)14(6)20-16/h7-9H,1,5,17H2,2-4,6H3,(H,19,20)/b12-9+,18-8-. The first-order valence-electron chi connectivity index (χ1n) is 6.36. The molecule has 3 N–H and O–H groups in total. The van der Waals surface area contributed by atoms with Gasteiger partial charge in [0.1, 0.15) is 5.82 Å². The summed E-state index contributed by atoms with van der Waals surface area (Å²) in [6.45, 7) is 15.3. The van der Waals surface area contributed by atoms with Gasteiger partial charge < -0.3 is 11.1 Å². The Bertz CT molecular complexity index is 595. The van der Waals surface area contributed by atoms with E-state index in [1.807, 2.05) is 33.8 Å². The van der Waals surface area contributed by atoms with Gasteiger partial charge in [0.05, 0.1) is 0 Å². The minimum Gasteiger partial charge on any atom is -0.399 e. The van der Waals surface area contributed by atoms with Gasteiger partial charge in [0, 0.05) is 35.1 Å². The molecule has 0 fully saturated rings. The van der Waals surface area contributed by atoms with Gasteiger partial charge in [0.2, 0.25) is 0 Å². The van der Waals surface area contributed by atoms with Crippen LogP contribution in [-0.4, -0.2) is 11.2 Å². The number of nitrogens with zero attached hydrogens (tertiary/aromatic N) is 2. The summed E-state index contributed by atoms with van der Waals surface area (Å²) in [5.41, 5.74) is 10.9. The van der Waals surface area contributed by atoms with Gasteiger partial charge in [0.25, 0.3) is 0 Å². The number of aliphatic imine (C=N–C) groups is 1. The topological polar surface area (TPSA) is 63.3 Å². The first-order chi connectivity index (χ1) is 9.31. The maximum absolute atomic E-state index is 5.81. The van der Waals surface area contributed by atoms with Crippen molar-refractivity contribution < 1.29 is 0 Å². The van der Waals surface area contributed by atoms with E-state index in [0.29, 0.717) is 11.5 Å². The van der Waals surface area contributed by atoms with E-state index in [4.69, 9.17) is 5.73 Å². The lowest BCUT2D eigenvalue weighted by atomic mass is 10.1. The molecule has 0 radical (unpaired) electrons. The van der Waals surface area contributed by atoms with E-state index in [2.05, 4.69) is 28.5 Å². The van der Waals surface area contributed by atoms with E-state index < -0.39 is 0 Å². The van der Waals surface area contributed by atoms with Crippen molar-refractivity contribution in [2.24, 2.45) is 10.7 Å². The third-order valence-corrected chi connectivity index (χ3v) is 2.69. The van der Waals surface area contributed by atoms with E-state index in [0.717, 1.165) is 28.1 Å². The second-order valence-electron chi connectivity index (χ2n) is 4.87. The molecule has 0 amide bonds. The molecule has 1 aromatic heterocycles. The maximum Gasteiger partial charge on any atom is 0.139 e. The van der Waals surface area contributed by atoms with Crippen LogP contribution < -0.4 is 11.1 Å². The lowest BCUT2D eigenvalue weighted by molar-refractivity contribution is 1.12. The van der Waals surface area contributed by atoms with Crippen molar-refractivity contribution in [2.75, 3.05) is 5.32 Å². The van der Waals surface area contributed by atoms with Gasteiger partial charge in [-0.25, -0.2) is 4.98 Å². The predicted molar refractivity (Wildman–Crippen MR) is 87.6 cm³/mol. The summed E-state index contributed by atoms with van der Waals surface area (Å²) < 4.78 is 0. The molecule has 0 bridgehead atoms. The molecule has 4 nitrogen and oxygen atoms in total. The Morgan fingerprint density at radius 2 is 2.00 bits per heavy atom. The highest BCUT2D eigenvalue weighted by molar-refractivity contribution is 5.77. The van der Waals surface area contributed by atoms with E-state index >= 15 is 0 Å². The van der Waals surface area contributed by atoms with Crippen LogP contribution in [0.3, 0.4) is 0 Å². The molecule has 1 heterocycles. The average Bonchev–Trinajstić information content (AvgIpc) is 2.32. The number of aromatic nitrogens is 1. The lowest BCUT2D eigenvalue weighted by Crippen LogP contribution is -2.07. The van der Waals surface area contributed by atoms with Gasteiger partial charge in [-0.05, 0) is 44.9 Å². The van der Waals surface area contributed by atoms with Crippen molar-refractivity contribution in [3.8, 4) is 0 Å². The molecule has 1 rings (SSSR count). The van der Waals surface area contributed by atoms with Crippen LogP contribution >= 0.6 is 0 Å². The summed E-state index contributed by atoms with van der Waals surface area (Å²) in [6, 6.07) is 1.98. The molecule has 0 aromatic carbocycles. The summed E-state index contributed by atoms with van der Waals surface area (Å²) in [5, 5.41) is 3.20. The predicted octanol–water partition coefficient (Wildman–Crippen LogP) is 3.55. The molecule has 106 valence electrons. The zero-order valence-electron chi connectivity index (χ0n) is 12.6. The molecular formula is C16H22N4. The van der Waals surface area contributed by atoms with Gasteiger partial charge in [0.15, 0.2) is 0 Å². The maximum atomic E-state index is 5.81. The van der Waals surface area contributed by atoms with Crippen LogP contribution in [0.1, 0.15) is 30.7 Å². The Morgan fingerprint density at radius 1 is 1.35 bits per heavy atom. The zero-order chi connectivity index (χ0) is 15.3. The average molecular weight is 270 g/mol. The minimum absolute atomic E-state index is 0.487. The van der Waals surface area contributed by atoms with Crippen molar-refractivity contribution in [1.29, 1.82) is 0 Å². The molecule has 0 spiro atoms. The molecule has 0 saturated heterocycles. The number of pyridine rings is 1. The van der Waals surface area contributed by atoms with E-state index in [-0.39, 0.29) is 0 Å². The fourth-order valence-corrected chi connectivity index (χ4v) is 1.54. The normalized spacial score (nSPS) is 11.7. The van der Waals surface area contributed by atoms with Crippen LogP contribution in [0.5, 0.6) is 0 Å². The molecule has 20 heavy (non-hydrogen) atoms. The number of nitrogens with one attached hydrogen (secondary N) is 1. The number of aryl methyl sites for hydroxylation is 2. The second kappa shape index (κ2) is 6.70. The fraction of sp³-hybridized carbons (Fsp3) is 0.250. The molecule has 0 atom stereocenters. The summed E-state index contributed by atoms with van der Waals surface area (Å²) in [5.74, 6) is 0.694. The summed E-state index contributed by atoms with van der Waals surface area (Å²) in [6.07, 6.45) is 3.41. The summed E-state index contributed by atoms with van der Waals surface area (Å²) >= 11 is 0. The van der Waals surface area contributed by atoms with Crippen LogP contribution in [0.4, 0.5) is 5.82 Å². The van der Waals surface area contributed by atoms with Gasteiger partial charge in [-0.3, -0.25) is 4.99 Å². The molecule has 4 heteroatoms. The van der Waals surface area contributed by atoms with Gasteiger partial charge >= 0.3 is 0 Å². The minimum atomic E-state index is 0.487. The highest BCUT2D eigenvalue weighted by Crippen LogP contribution is 2.22. The van der Waals surface area contributed by atoms with Gasteiger partial charge in [-0.15, -0.1) is 0 Å². The third kappa shape index (κ3) is 4.39. The fourth-order valence-electron chi connectivity index (χ4n) is 1.54. The first kappa shape index (κ1) is 15.7. The van der Waals surface area contributed by atoms with E-state index in [1.165, 1.54) is 0 Å². The number of hydrogen-bond donors (Lipinski definition) is 2. The summed E-state index contributed by atoms with van der Waals surface area (Å²) in [4.78, 5) is 8.67. The molecule has 1 aromatic rings. The van der Waals surface area contributed by atoms with Crippen LogP contribution in [0.25, 0.3) is 5.70 Å². The molecule has 0 saturated carbocycles. The molecular weight excluding hydrogens is 248 g/mol. The van der Waals surface area contributed by atoms with E-state index in [9.17, 15) is 0 Å². The van der Waals surface area contributed by atoms with Crippen molar-refractivity contribution in [3.63, 3.8) is 0 Å². The lowest BCUT2D eigenvalue weighted by Gasteiger charge is -2.13. The number of hydrogen-bond acceptors (Lipinski definition) is 4. The van der Waals surface area contributed by atoms with Gasteiger partial charge in [-0.1, -0.05) is 13.2 Å². The smallest absolute Gasteiger partial charge is 0.139 e. The number of rotatable bonds is 5. The van der Waals surface area contributed by atoms with Crippen LogP contribution in [0.15, 0.2) is 41.7 Å². The zero-order valence-corrected chi connectivity index (χ0v) is 12.6. The van der Waals surface area contributed by atoms with Crippen molar-refractivity contribution in [3.05, 3.63) is 53.5 Å². The number of allylic oxidation sites excluding steroid dienone is 2. The molecule has 0 aliphatic rings. The van der Waals surface area contributed by atoms with Crippen LogP contribution in [-0.2, 0) is 0 Å². The van der Waals surface area contributed by atoms with Crippen LogP contribution in [0, 0.1) is 13.8 Å². The van der Waals surface area contributed by atoms with Crippen molar-refractivity contribution >= 4 is 17.7 Å². The van der Waals surface area contributed by atoms with Crippen molar-refractivity contribution in [1.82, 2.24) is 4.98 Å². The Morgan fingerprint density at radius 3 is 2.55 bits per heavy atom. The third-order valence-electron chi connectivity index (χ3n) is 2.69. The quantitative estimate of drug-likeness (QED) is 0.804. The first-order valence-corrected chi connectivity index (χ1v) is 6.36.